The Bertz CT molecular complexity index is 859. The first-order valence-electron chi connectivity index (χ1n) is 8.77. The summed E-state index contributed by atoms with van der Waals surface area (Å²) >= 11 is 0. The molecule has 140 valence electrons. The fourth-order valence-electron chi connectivity index (χ4n) is 3.32. The molecule has 0 spiro atoms. The van der Waals surface area contributed by atoms with Gasteiger partial charge in [0, 0.05) is 24.7 Å². The lowest BCUT2D eigenvalue weighted by molar-refractivity contribution is 0.0628. The molecule has 1 amide bonds. The lowest BCUT2D eigenvalue weighted by atomic mass is 9.92. The second-order valence-electron chi connectivity index (χ2n) is 6.86. The van der Waals surface area contributed by atoms with Crippen LogP contribution in [0.1, 0.15) is 35.9 Å². The normalized spacial score (nSPS) is 19.3. The molecule has 7 heteroatoms. The summed E-state index contributed by atoms with van der Waals surface area (Å²) in [6.07, 6.45) is 3.25. The van der Waals surface area contributed by atoms with Crippen molar-refractivity contribution >= 4 is 15.7 Å². The summed E-state index contributed by atoms with van der Waals surface area (Å²) in [7, 11) is -3.54. The third-order valence-electron chi connectivity index (χ3n) is 4.88. The van der Waals surface area contributed by atoms with Crippen LogP contribution in [0, 0.1) is 5.92 Å². The number of piperidine rings is 1. The highest BCUT2D eigenvalue weighted by molar-refractivity contribution is 7.90. The number of amides is 1. The van der Waals surface area contributed by atoms with Gasteiger partial charge in [0.25, 0.3) is 5.91 Å². The first kappa shape index (κ1) is 18.7. The van der Waals surface area contributed by atoms with Crippen LogP contribution in [0.3, 0.4) is 0 Å². The van der Waals surface area contributed by atoms with Crippen molar-refractivity contribution in [2.75, 3.05) is 13.1 Å². The number of rotatable bonds is 5. The molecule has 1 saturated heterocycles. The van der Waals surface area contributed by atoms with Crippen LogP contribution in [-0.2, 0) is 15.6 Å². The summed E-state index contributed by atoms with van der Waals surface area (Å²) < 4.78 is 30.6. The van der Waals surface area contributed by atoms with Gasteiger partial charge in [-0.15, -0.1) is 0 Å². The second-order valence-corrected chi connectivity index (χ2v) is 8.85. The van der Waals surface area contributed by atoms with E-state index < -0.39 is 9.84 Å². The van der Waals surface area contributed by atoms with Crippen LogP contribution >= 0.6 is 0 Å². The van der Waals surface area contributed by atoms with Crippen LogP contribution in [0.5, 0.6) is 0 Å². The minimum absolute atomic E-state index is 0.0140. The highest BCUT2D eigenvalue weighted by atomic mass is 32.2. The van der Waals surface area contributed by atoms with Crippen molar-refractivity contribution in [2.45, 2.75) is 36.5 Å². The number of furan rings is 1. The smallest absolute Gasteiger partial charge is 0.289 e. The maximum Gasteiger partial charge on any atom is 0.289 e. The molecule has 6 nitrogen and oxygen atoms in total. The number of likely N-dealkylation sites (tertiary alicyclic amines) is 1. The Balaban J connectivity index is 1.79. The maximum atomic E-state index is 12.9. The van der Waals surface area contributed by atoms with Gasteiger partial charge in [-0.3, -0.25) is 4.79 Å². The van der Waals surface area contributed by atoms with E-state index in [4.69, 9.17) is 10.2 Å². The van der Waals surface area contributed by atoms with Crippen molar-refractivity contribution in [2.24, 2.45) is 11.7 Å². The zero-order chi connectivity index (χ0) is 18.7. The molecule has 0 saturated carbocycles. The van der Waals surface area contributed by atoms with Crippen molar-refractivity contribution in [3.63, 3.8) is 0 Å². The van der Waals surface area contributed by atoms with Crippen LogP contribution in [-0.4, -0.2) is 38.4 Å². The van der Waals surface area contributed by atoms with Crippen LogP contribution in [0.15, 0.2) is 52.0 Å². The van der Waals surface area contributed by atoms with Crippen molar-refractivity contribution in [3.8, 4) is 0 Å². The Kier molecular flexibility index (Phi) is 5.48. The zero-order valence-corrected chi connectivity index (χ0v) is 15.6. The van der Waals surface area contributed by atoms with E-state index in [1.807, 2.05) is 6.92 Å². The van der Waals surface area contributed by atoms with Crippen molar-refractivity contribution < 1.29 is 17.6 Å². The molecule has 1 fully saturated rings. The predicted octanol–water partition coefficient (Wildman–Crippen LogP) is 2.45. The van der Waals surface area contributed by atoms with Crippen LogP contribution < -0.4 is 5.73 Å². The van der Waals surface area contributed by atoms with Gasteiger partial charge in [-0.05, 0) is 43.9 Å². The van der Waals surface area contributed by atoms with Crippen LogP contribution in [0.4, 0.5) is 0 Å². The number of hydrogen-bond donors (Lipinski definition) is 1. The largest absolute Gasteiger partial charge is 0.459 e. The summed E-state index contributed by atoms with van der Waals surface area (Å²) in [6, 6.07) is 9.79. The Morgan fingerprint density at radius 1 is 1.31 bits per heavy atom. The highest BCUT2D eigenvalue weighted by Gasteiger charge is 2.30. The van der Waals surface area contributed by atoms with E-state index in [1.54, 1.807) is 41.3 Å². The monoisotopic (exact) mass is 376 g/mol. The van der Waals surface area contributed by atoms with E-state index >= 15 is 0 Å². The highest BCUT2D eigenvalue weighted by Crippen LogP contribution is 2.24. The topological polar surface area (TPSA) is 93.6 Å². The number of carbonyl (C=O) groups is 1. The number of hydrogen-bond acceptors (Lipinski definition) is 5. The standard InChI is InChI=1S/C19H24N2O4S/c1-14(20)15-6-5-10-21(12-15)19(22)18-16(9-11-25-18)13-26(23,24)17-7-3-2-4-8-17/h2-4,7-9,11,14-15H,5-6,10,12-13,20H2,1H3. The molecule has 1 aliphatic rings. The Morgan fingerprint density at radius 2 is 2.04 bits per heavy atom. The molecular formula is C19H24N2O4S. The Hall–Kier alpha value is -2.12. The molecule has 1 aliphatic heterocycles. The fourth-order valence-corrected chi connectivity index (χ4v) is 4.70. The first-order valence-corrected chi connectivity index (χ1v) is 10.4. The zero-order valence-electron chi connectivity index (χ0n) is 14.8. The molecule has 1 aromatic carbocycles. The lowest BCUT2D eigenvalue weighted by Gasteiger charge is -2.34. The van der Waals surface area contributed by atoms with Crippen molar-refractivity contribution in [1.82, 2.24) is 4.90 Å². The molecule has 2 unspecified atom stereocenters. The van der Waals surface area contributed by atoms with E-state index in [-0.39, 0.29) is 34.3 Å². The number of carbonyl (C=O) groups excluding carboxylic acids is 1. The molecule has 0 aliphatic carbocycles. The Labute approximate surface area is 153 Å². The lowest BCUT2D eigenvalue weighted by Crippen LogP contribution is -2.45. The number of benzene rings is 1. The van der Waals surface area contributed by atoms with Gasteiger partial charge in [-0.1, -0.05) is 18.2 Å². The fraction of sp³-hybridized carbons (Fsp3) is 0.421. The predicted molar refractivity (Wildman–Crippen MR) is 98.3 cm³/mol. The van der Waals surface area contributed by atoms with E-state index in [9.17, 15) is 13.2 Å². The van der Waals surface area contributed by atoms with E-state index in [2.05, 4.69) is 0 Å². The molecule has 0 bridgehead atoms. The molecule has 1 aromatic heterocycles. The quantitative estimate of drug-likeness (QED) is 0.865. The first-order chi connectivity index (χ1) is 12.4. The Morgan fingerprint density at radius 3 is 2.73 bits per heavy atom. The van der Waals surface area contributed by atoms with E-state index in [1.165, 1.54) is 6.26 Å². The van der Waals surface area contributed by atoms with Gasteiger partial charge < -0.3 is 15.1 Å². The van der Waals surface area contributed by atoms with Gasteiger partial charge in [0.15, 0.2) is 15.6 Å². The van der Waals surface area contributed by atoms with Gasteiger partial charge >= 0.3 is 0 Å². The molecular weight excluding hydrogens is 352 g/mol. The molecule has 3 rings (SSSR count). The molecule has 2 heterocycles. The summed E-state index contributed by atoms with van der Waals surface area (Å²) in [5.74, 6) is -0.174. The van der Waals surface area contributed by atoms with Crippen LogP contribution in [0.2, 0.25) is 0 Å². The van der Waals surface area contributed by atoms with Gasteiger partial charge in [0.1, 0.15) is 0 Å². The van der Waals surface area contributed by atoms with Gasteiger partial charge in [-0.25, -0.2) is 8.42 Å². The average molecular weight is 376 g/mol. The van der Waals surface area contributed by atoms with Crippen molar-refractivity contribution in [3.05, 3.63) is 54.0 Å². The minimum atomic E-state index is -3.54. The summed E-state index contributed by atoms with van der Waals surface area (Å²) in [4.78, 5) is 14.8. The number of nitrogens with two attached hydrogens (primary N) is 1. The van der Waals surface area contributed by atoms with E-state index in [0.717, 1.165) is 12.8 Å². The molecule has 26 heavy (non-hydrogen) atoms. The molecule has 0 radical (unpaired) electrons. The summed E-state index contributed by atoms with van der Waals surface area (Å²) in [6.45, 7) is 3.15. The molecule has 2 aromatic rings. The van der Waals surface area contributed by atoms with Gasteiger partial charge in [-0.2, -0.15) is 0 Å². The number of nitrogens with zero attached hydrogens (tertiary/aromatic N) is 1. The SMILES string of the molecule is CC(N)C1CCCN(C(=O)c2occc2CS(=O)(=O)c2ccccc2)C1. The maximum absolute atomic E-state index is 12.9. The van der Waals surface area contributed by atoms with Crippen LogP contribution in [0.25, 0.3) is 0 Å². The van der Waals surface area contributed by atoms with Gasteiger partial charge in [0.05, 0.1) is 16.9 Å². The third kappa shape index (κ3) is 3.99. The summed E-state index contributed by atoms with van der Waals surface area (Å²) in [5.41, 5.74) is 6.38. The molecule has 2 N–H and O–H groups in total. The van der Waals surface area contributed by atoms with Gasteiger partial charge in [0.2, 0.25) is 0 Å². The second kappa shape index (κ2) is 7.63. The van der Waals surface area contributed by atoms with E-state index in [0.29, 0.717) is 18.7 Å². The average Bonchev–Trinajstić information content (AvgIpc) is 3.09. The number of sulfone groups is 1. The molecule has 2 atom stereocenters. The third-order valence-corrected chi connectivity index (χ3v) is 6.56. The minimum Gasteiger partial charge on any atom is -0.459 e. The van der Waals surface area contributed by atoms with Crippen molar-refractivity contribution in [1.29, 1.82) is 0 Å². The summed E-state index contributed by atoms with van der Waals surface area (Å²) in [5, 5.41) is 0.